The summed E-state index contributed by atoms with van der Waals surface area (Å²) in [5.74, 6) is 1.97. The molecule has 0 spiro atoms. The number of benzene rings is 1. The Labute approximate surface area is 119 Å². The van der Waals surface area contributed by atoms with Gasteiger partial charge < -0.3 is 14.6 Å². The summed E-state index contributed by atoms with van der Waals surface area (Å²) in [5.41, 5.74) is 1.27. The van der Waals surface area contributed by atoms with E-state index >= 15 is 0 Å². The number of hydrogen-bond acceptors (Lipinski definition) is 4. The van der Waals surface area contributed by atoms with Crippen molar-refractivity contribution in [2.45, 2.75) is 31.8 Å². The van der Waals surface area contributed by atoms with Gasteiger partial charge in [0, 0.05) is 6.54 Å². The Bertz CT molecular complexity index is 561. The number of aromatic nitrogens is 3. The number of rotatable bonds is 5. The molecule has 0 amide bonds. The maximum Gasteiger partial charge on any atom is 0.149 e. The molecule has 1 aromatic carbocycles. The van der Waals surface area contributed by atoms with Crippen molar-refractivity contribution in [3.05, 3.63) is 42.0 Å². The largest absolute Gasteiger partial charge is 0.497 e. The molecular formula is C15H20N4O. The summed E-state index contributed by atoms with van der Waals surface area (Å²) in [6.45, 7) is 1.97. The second kappa shape index (κ2) is 6.05. The topological polar surface area (TPSA) is 52.0 Å². The number of methoxy groups -OCH3 is 1. The Kier molecular flexibility index (Phi) is 3.97. The van der Waals surface area contributed by atoms with Gasteiger partial charge >= 0.3 is 0 Å². The zero-order chi connectivity index (χ0) is 13.8. The van der Waals surface area contributed by atoms with Crippen LogP contribution in [-0.4, -0.2) is 28.4 Å². The van der Waals surface area contributed by atoms with Gasteiger partial charge in [0.15, 0.2) is 0 Å². The molecule has 106 valence electrons. The van der Waals surface area contributed by atoms with Gasteiger partial charge in [0.05, 0.1) is 13.2 Å². The summed E-state index contributed by atoms with van der Waals surface area (Å²) >= 11 is 0. The zero-order valence-corrected chi connectivity index (χ0v) is 11.7. The second-order valence-corrected chi connectivity index (χ2v) is 5.13. The highest BCUT2D eigenvalue weighted by molar-refractivity contribution is 5.28. The van der Waals surface area contributed by atoms with E-state index in [1.54, 1.807) is 7.11 Å². The SMILES string of the molecule is COc1cccc(CCn2cnnc2C2CCCN2)c1. The molecule has 1 N–H and O–H groups in total. The number of hydrogen-bond donors (Lipinski definition) is 1. The minimum Gasteiger partial charge on any atom is -0.497 e. The van der Waals surface area contributed by atoms with Crippen LogP contribution in [0.2, 0.25) is 0 Å². The minimum atomic E-state index is 0.364. The Morgan fingerprint density at radius 3 is 3.20 bits per heavy atom. The fourth-order valence-corrected chi connectivity index (χ4v) is 2.69. The third-order valence-electron chi connectivity index (χ3n) is 3.79. The molecule has 1 atom stereocenters. The van der Waals surface area contributed by atoms with E-state index in [0.717, 1.165) is 37.5 Å². The number of ether oxygens (including phenoxy) is 1. The van der Waals surface area contributed by atoms with Crippen LogP contribution in [0.25, 0.3) is 0 Å². The third-order valence-corrected chi connectivity index (χ3v) is 3.79. The van der Waals surface area contributed by atoms with Crippen LogP contribution in [0.15, 0.2) is 30.6 Å². The van der Waals surface area contributed by atoms with E-state index in [0.29, 0.717) is 6.04 Å². The van der Waals surface area contributed by atoms with E-state index in [9.17, 15) is 0 Å². The summed E-state index contributed by atoms with van der Waals surface area (Å²) in [6, 6.07) is 8.57. The van der Waals surface area contributed by atoms with Crippen molar-refractivity contribution in [3.8, 4) is 5.75 Å². The van der Waals surface area contributed by atoms with Crippen LogP contribution in [0.1, 0.15) is 30.3 Å². The molecule has 1 aromatic heterocycles. The van der Waals surface area contributed by atoms with Crippen molar-refractivity contribution in [3.63, 3.8) is 0 Å². The predicted molar refractivity (Wildman–Crippen MR) is 76.7 cm³/mol. The smallest absolute Gasteiger partial charge is 0.149 e. The van der Waals surface area contributed by atoms with Gasteiger partial charge in [-0.05, 0) is 43.5 Å². The van der Waals surface area contributed by atoms with Crippen LogP contribution in [0, 0.1) is 0 Å². The molecular weight excluding hydrogens is 252 g/mol. The number of aryl methyl sites for hydroxylation is 2. The second-order valence-electron chi connectivity index (χ2n) is 5.13. The first-order chi connectivity index (χ1) is 9.86. The molecule has 5 heteroatoms. The molecule has 0 saturated carbocycles. The average molecular weight is 272 g/mol. The van der Waals surface area contributed by atoms with E-state index < -0.39 is 0 Å². The van der Waals surface area contributed by atoms with E-state index in [4.69, 9.17) is 4.74 Å². The van der Waals surface area contributed by atoms with Crippen LogP contribution in [0.4, 0.5) is 0 Å². The van der Waals surface area contributed by atoms with Gasteiger partial charge in [-0.25, -0.2) is 0 Å². The van der Waals surface area contributed by atoms with E-state index in [1.807, 2.05) is 18.5 Å². The van der Waals surface area contributed by atoms with Crippen molar-refractivity contribution in [2.75, 3.05) is 13.7 Å². The fourth-order valence-electron chi connectivity index (χ4n) is 2.69. The molecule has 1 aliphatic rings. The normalized spacial score (nSPS) is 18.4. The Morgan fingerprint density at radius 1 is 1.45 bits per heavy atom. The highest BCUT2D eigenvalue weighted by atomic mass is 16.5. The van der Waals surface area contributed by atoms with Gasteiger partial charge in [-0.3, -0.25) is 0 Å². The van der Waals surface area contributed by atoms with Crippen LogP contribution < -0.4 is 10.1 Å². The van der Waals surface area contributed by atoms with Crippen LogP contribution in [-0.2, 0) is 13.0 Å². The highest BCUT2D eigenvalue weighted by Gasteiger charge is 2.21. The molecule has 2 heterocycles. The lowest BCUT2D eigenvalue weighted by Gasteiger charge is -2.12. The summed E-state index contributed by atoms with van der Waals surface area (Å²) < 4.78 is 7.41. The third kappa shape index (κ3) is 2.82. The molecule has 0 radical (unpaired) electrons. The van der Waals surface area contributed by atoms with Crippen LogP contribution in [0.3, 0.4) is 0 Å². The van der Waals surface area contributed by atoms with Crippen LogP contribution in [0.5, 0.6) is 5.75 Å². The molecule has 1 fully saturated rings. The highest BCUT2D eigenvalue weighted by Crippen LogP contribution is 2.21. The standard InChI is InChI=1S/C15H20N4O/c1-20-13-5-2-4-12(10-13)7-9-19-11-17-18-15(19)14-6-3-8-16-14/h2,4-5,10-11,14,16H,3,6-9H2,1H3. The van der Waals surface area contributed by atoms with Crippen molar-refractivity contribution in [1.29, 1.82) is 0 Å². The lowest BCUT2D eigenvalue weighted by atomic mass is 10.1. The first-order valence-electron chi connectivity index (χ1n) is 7.11. The molecule has 1 saturated heterocycles. The summed E-state index contributed by atoms with van der Waals surface area (Å²) in [7, 11) is 1.70. The molecule has 0 aliphatic carbocycles. The zero-order valence-electron chi connectivity index (χ0n) is 11.7. The van der Waals surface area contributed by atoms with E-state index in [-0.39, 0.29) is 0 Å². The van der Waals surface area contributed by atoms with Gasteiger partial charge in [0.2, 0.25) is 0 Å². The fraction of sp³-hybridized carbons (Fsp3) is 0.467. The maximum atomic E-state index is 5.26. The Hall–Kier alpha value is -1.88. The van der Waals surface area contributed by atoms with E-state index in [1.165, 1.54) is 12.0 Å². The quantitative estimate of drug-likeness (QED) is 0.904. The van der Waals surface area contributed by atoms with Crippen molar-refractivity contribution in [2.24, 2.45) is 0 Å². The summed E-state index contributed by atoms with van der Waals surface area (Å²) in [6.07, 6.45) is 5.15. The molecule has 5 nitrogen and oxygen atoms in total. The predicted octanol–water partition coefficient (Wildman–Crippen LogP) is 1.95. The van der Waals surface area contributed by atoms with Crippen molar-refractivity contribution in [1.82, 2.24) is 20.1 Å². The van der Waals surface area contributed by atoms with Gasteiger partial charge in [-0.15, -0.1) is 10.2 Å². The first kappa shape index (κ1) is 13.1. The number of nitrogens with one attached hydrogen (secondary N) is 1. The van der Waals surface area contributed by atoms with Crippen molar-refractivity contribution < 1.29 is 4.74 Å². The van der Waals surface area contributed by atoms with Crippen molar-refractivity contribution >= 4 is 0 Å². The summed E-state index contributed by atoms with van der Waals surface area (Å²) in [5, 5.41) is 11.8. The Morgan fingerprint density at radius 2 is 2.40 bits per heavy atom. The molecule has 0 bridgehead atoms. The summed E-state index contributed by atoms with van der Waals surface area (Å²) in [4.78, 5) is 0. The van der Waals surface area contributed by atoms with Crippen LogP contribution >= 0.6 is 0 Å². The van der Waals surface area contributed by atoms with Gasteiger partial charge in [-0.1, -0.05) is 12.1 Å². The molecule has 3 rings (SSSR count). The lowest BCUT2D eigenvalue weighted by molar-refractivity contribution is 0.414. The lowest BCUT2D eigenvalue weighted by Crippen LogP contribution is -2.18. The average Bonchev–Trinajstić information content (AvgIpc) is 3.16. The first-order valence-corrected chi connectivity index (χ1v) is 7.11. The minimum absolute atomic E-state index is 0.364. The molecule has 2 aromatic rings. The number of nitrogens with zero attached hydrogens (tertiary/aromatic N) is 3. The molecule has 20 heavy (non-hydrogen) atoms. The molecule has 1 aliphatic heterocycles. The maximum absolute atomic E-state index is 5.26. The molecule has 1 unspecified atom stereocenters. The van der Waals surface area contributed by atoms with E-state index in [2.05, 4.69) is 32.2 Å². The Balaban J connectivity index is 1.67. The van der Waals surface area contributed by atoms with Gasteiger partial charge in [-0.2, -0.15) is 0 Å². The van der Waals surface area contributed by atoms with Gasteiger partial charge in [0.1, 0.15) is 17.9 Å². The monoisotopic (exact) mass is 272 g/mol. The van der Waals surface area contributed by atoms with Gasteiger partial charge in [0.25, 0.3) is 0 Å².